The van der Waals surface area contributed by atoms with Crippen molar-refractivity contribution < 1.29 is 14.3 Å². The molecule has 0 aromatic heterocycles. The predicted octanol–water partition coefficient (Wildman–Crippen LogP) is 6.29. The van der Waals surface area contributed by atoms with Gasteiger partial charge in [-0.15, -0.1) is 0 Å². The Balaban J connectivity index is 1.86. The van der Waals surface area contributed by atoms with Gasteiger partial charge in [-0.1, -0.05) is 39.0 Å². The fourth-order valence-electron chi connectivity index (χ4n) is 3.32. The molecule has 5 nitrogen and oxygen atoms in total. The monoisotopic (exact) mass is 412 g/mol. The number of hydrogen-bond donors (Lipinski definition) is 2. The Morgan fingerprint density at radius 3 is 2.45 bits per heavy atom. The molecule has 0 saturated heterocycles. The van der Waals surface area contributed by atoms with Crippen molar-refractivity contribution >= 4 is 25.7 Å². The summed E-state index contributed by atoms with van der Waals surface area (Å²) in [4.78, 5) is 14.8. The Labute approximate surface area is 174 Å². The van der Waals surface area contributed by atoms with Gasteiger partial charge in [-0.2, -0.15) is 0 Å². The predicted molar refractivity (Wildman–Crippen MR) is 121 cm³/mol. The molecule has 2 aromatic carbocycles. The Bertz CT molecular complexity index is 859. The number of nitrogens with zero attached hydrogens (tertiary/aromatic N) is 1. The lowest BCUT2D eigenvalue weighted by molar-refractivity contribution is 0.174. The zero-order valence-electron chi connectivity index (χ0n) is 18.0. The molecule has 0 radical (unpaired) electrons. The number of benzene rings is 2. The zero-order chi connectivity index (χ0) is 21.2. The molecular weight excluding hydrogens is 380 g/mol. The summed E-state index contributed by atoms with van der Waals surface area (Å²) in [5.41, 5.74) is 2.64. The lowest BCUT2D eigenvalue weighted by Gasteiger charge is -2.39. The second kappa shape index (κ2) is 8.20. The summed E-state index contributed by atoms with van der Waals surface area (Å²) < 4.78 is 6.76. The van der Waals surface area contributed by atoms with Crippen LogP contribution in [0.4, 0.5) is 16.2 Å². The van der Waals surface area contributed by atoms with Crippen molar-refractivity contribution in [3.63, 3.8) is 0 Å². The first-order chi connectivity index (χ1) is 13.6. The van der Waals surface area contributed by atoms with Crippen LogP contribution in [0.3, 0.4) is 0 Å². The number of nitrogens with one attached hydrogen (secondary N) is 1. The molecule has 1 aliphatic heterocycles. The molecule has 1 heterocycles. The molecule has 2 N–H and O–H groups in total. The normalized spacial score (nSPS) is 17.4. The van der Waals surface area contributed by atoms with Gasteiger partial charge in [0.1, 0.15) is 5.75 Å². The van der Waals surface area contributed by atoms with E-state index < -0.39 is 8.32 Å². The van der Waals surface area contributed by atoms with Gasteiger partial charge in [0.2, 0.25) is 0 Å². The molecule has 29 heavy (non-hydrogen) atoms. The third-order valence-electron chi connectivity index (χ3n) is 6.03. The van der Waals surface area contributed by atoms with Crippen LogP contribution in [0.15, 0.2) is 48.5 Å². The molecule has 1 atom stereocenters. The van der Waals surface area contributed by atoms with E-state index in [0.29, 0.717) is 12.2 Å². The molecule has 1 aliphatic rings. The number of urea groups is 1. The number of aromatic hydroxyl groups is 1. The van der Waals surface area contributed by atoms with Crippen LogP contribution in [0.5, 0.6) is 5.75 Å². The molecular formula is C23H32N2O3Si. The average Bonchev–Trinajstić information content (AvgIpc) is 2.82. The first-order valence-electron chi connectivity index (χ1n) is 10.2. The summed E-state index contributed by atoms with van der Waals surface area (Å²) >= 11 is 0. The highest BCUT2D eigenvalue weighted by Gasteiger charge is 2.40. The fraction of sp³-hybridized carbons (Fsp3) is 0.435. The van der Waals surface area contributed by atoms with E-state index in [4.69, 9.17) is 4.43 Å². The quantitative estimate of drug-likeness (QED) is 0.460. The van der Waals surface area contributed by atoms with E-state index in [9.17, 15) is 9.90 Å². The highest BCUT2D eigenvalue weighted by Crippen LogP contribution is 2.43. The molecule has 0 saturated carbocycles. The van der Waals surface area contributed by atoms with Crippen LogP contribution in [0.1, 0.15) is 45.3 Å². The molecule has 0 fully saturated rings. The van der Waals surface area contributed by atoms with Crippen LogP contribution < -0.4 is 10.2 Å². The lowest BCUT2D eigenvalue weighted by Crippen LogP contribution is -2.41. The van der Waals surface area contributed by atoms with Crippen LogP contribution in [-0.2, 0) is 4.43 Å². The minimum Gasteiger partial charge on any atom is -0.508 e. The van der Waals surface area contributed by atoms with Crippen LogP contribution in [0.2, 0.25) is 18.1 Å². The Kier molecular flexibility index (Phi) is 6.05. The fourth-order valence-corrected chi connectivity index (χ4v) is 4.63. The van der Waals surface area contributed by atoms with Crippen molar-refractivity contribution in [2.75, 3.05) is 16.8 Å². The van der Waals surface area contributed by atoms with E-state index in [1.165, 1.54) is 0 Å². The highest BCUT2D eigenvalue weighted by atomic mass is 28.4. The Hall–Kier alpha value is -2.31. The number of carbonyl (C=O) groups is 1. The third kappa shape index (κ3) is 4.82. The van der Waals surface area contributed by atoms with Crippen molar-refractivity contribution in [3.8, 4) is 5.75 Å². The van der Waals surface area contributed by atoms with E-state index in [-0.39, 0.29) is 22.9 Å². The van der Waals surface area contributed by atoms with Crippen molar-refractivity contribution in [1.29, 1.82) is 0 Å². The van der Waals surface area contributed by atoms with Crippen LogP contribution in [0, 0.1) is 0 Å². The number of anilines is 2. The number of rotatable bonds is 3. The number of phenols is 1. The maximum absolute atomic E-state index is 13.0. The highest BCUT2D eigenvalue weighted by molar-refractivity contribution is 6.74. The van der Waals surface area contributed by atoms with Crippen molar-refractivity contribution in [2.24, 2.45) is 0 Å². The zero-order valence-corrected chi connectivity index (χ0v) is 19.0. The van der Waals surface area contributed by atoms with E-state index >= 15 is 0 Å². The minimum atomic E-state index is -1.94. The molecule has 3 rings (SSSR count). The Morgan fingerprint density at radius 1 is 1.14 bits per heavy atom. The van der Waals surface area contributed by atoms with E-state index in [1.807, 2.05) is 18.2 Å². The number of phenolic OH excluding ortho intramolecular Hbond substituents is 1. The number of para-hydroxylation sites is 1. The summed E-state index contributed by atoms with van der Waals surface area (Å²) in [6.45, 7) is 11.9. The SMILES string of the molecule is CC(C)(C)[Si](C)(C)OC1CCCN(C(=O)Nc2ccc(O)cc2)c2ccccc21. The molecule has 0 spiro atoms. The van der Waals surface area contributed by atoms with Crippen LogP contribution in [-0.4, -0.2) is 26.0 Å². The van der Waals surface area contributed by atoms with Gasteiger partial charge in [0.15, 0.2) is 8.32 Å². The largest absolute Gasteiger partial charge is 0.508 e. The van der Waals surface area contributed by atoms with E-state index in [1.54, 1.807) is 29.2 Å². The van der Waals surface area contributed by atoms with Gasteiger partial charge in [0.05, 0.1) is 11.8 Å². The third-order valence-corrected chi connectivity index (χ3v) is 10.5. The number of hydrogen-bond acceptors (Lipinski definition) is 3. The molecule has 0 bridgehead atoms. The molecule has 2 amide bonds. The number of carbonyl (C=O) groups excluding carboxylic acids is 1. The molecule has 0 aliphatic carbocycles. The Morgan fingerprint density at radius 2 is 1.79 bits per heavy atom. The molecule has 1 unspecified atom stereocenters. The van der Waals surface area contributed by atoms with Gasteiger partial charge in [-0.25, -0.2) is 4.79 Å². The van der Waals surface area contributed by atoms with Crippen molar-refractivity contribution in [1.82, 2.24) is 0 Å². The van der Waals surface area contributed by atoms with Gasteiger partial charge < -0.3 is 14.8 Å². The first kappa shape index (κ1) is 21.4. The maximum atomic E-state index is 13.0. The van der Waals surface area contributed by atoms with Gasteiger partial charge in [0.25, 0.3) is 0 Å². The minimum absolute atomic E-state index is 0.00133. The van der Waals surface area contributed by atoms with E-state index in [2.05, 4.69) is 45.2 Å². The smallest absolute Gasteiger partial charge is 0.326 e. The van der Waals surface area contributed by atoms with Gasteiger partial charge in [-0.3, -0.25) is 4.90 Å². The summed E-state index contributed by atoms with van der Waals surface area (Å²) in [7, 11) is -1.94. The summed E-state index contributed by atoms with van der Waals surface area (Å²) in [5.74, 6) is 0.175. The first-order valence-corrected chi connectivity index (χ1v) is 13.1. The lowest BCUT2D eigenvalue weighted by atomic mass is 10.0. The second-order valence-electron chi connectivity index (χ2n) is 9.20. The van der Waals surface area contributed by atoms with Crippen LogP contribution >= 0.6 is 0 Å². The van der Waals surface area contributed by atoms with Crippen molar-refractivity contribution in [3.05, 3.63) is 54.1 Å². The van der Waals surface area contributed by atoms with Crippen molar-refractivity contribution in [2.45, 2.75) is 57.8 Å². The topological polar surface area (TPSA) is 61.8 Å². The number of amides is 2. The maximum Gasteiger partial charge on any atom is 0.326 e. The molecule has 6 heteroatoms. The number of fused-ring (bicyclic) bond motifs is 1. The van der Waals surface area contributed by atoms with Gasteiger partial charge in [0, 0.05) is 17.8 Å². The standard InChI is InChI=1S/C23H32N2O3Si/c1-23(2,3)29(4,5)28-21-11-8-16-25(20-10-7-6-9-19(20)21)22(27)24-17-12-14-18(26)15-13-17/h6-7,9-10,12-15,21,26H,8,11,16H2,1-5H3,(H,24,27). The van der Waals surface area contributed by atoms with E-state index in [0.717, 1.165) is 24.1 Å². The van der Waals surface area contributed by atoms with Crippen LogP contribution in [0.25, 0.3) is 0 Å². The average molecular weight is 413 g/mol. The summed E-state index contributed by atoms with van der Waals surface area (Å²) in [5, 5.41) is 12.5. The van der Waals surface area contributed by atoms with Gasteiger partial charge >= 0.3 is 6.03 Å². The second-order valence-corrected chi connectivity index (χ2v) is 14.0. The molecule has 156 valence electrons. The summed E-state index contributed by atoms with van der Waals surface area (Å²) in [6.07, 6.45) is 1.77. The van der Waals surface area contributed by atoms with Gasteiger partial charge in [-0.05, 0) is 61.3 Å². The molecule has 2 aromatic rings. The summed E-state index contributed by atoms with van der Waals surface area (Å²) in [6, 6.07) is 14.4.